The van der Waals surface area contributed by atoms with Crippen molar-refractivity contribution in [2.75, 3.05) is 4.90 Å². The predicted octanol–water partition coefficient (Wildman–Crippen LogP) is 15.0. The molecule has 0 aliphatic heterocycles. The summed E-state index contributed by atoms with van der Waals surface area (Å²) in [5, 5.41) is 12.3. The molecule has 0 N–H and O–H groups in total. The van der Waals surface area contributed by atoms with Crippen LogP contribution in [-0.2, 0) is 0 Å². The molecule has 0 spiro atoms. The Morgan fingerprint density at radius 1 is 0.296 bits per heavy atom. The Kier molecular flexibility index (Phi) is 6.90. The number of furan rings is 1. The largest absolute Gasteiger partial charge is 0.456 e. The van der Waals surface area contributed by atoms with Crippen LogP contribution in [0.1, 0.15) is 0 Å². The summed E-state index contributed by atoms with van der Waals surface area (Å²) in [4.78, 5) is 2.37. The van der Waals surface area contributed by atoms with Gasteiger partial charge >= 0.3 is 0 Å². The molecule has 0 atom stereocenters. The van der Waals surface area contributed by atoms with Gasteiger partial charge in [0.05, 0.1) is 11.1 Å². The van der Waals surface area contributed by atoms with Gasteiger partial charge in [0.15, 0.2) is 0 Å². The minimum Gasteiger partial charge on any atom is -0.456 e. The minimum atomic E-state index is 0.872. The molecule has 0 radical (unpaired) electrons. The molecule has 1 aromatic heterocycles. The molecule has 11 rings (SSSR count). The molecule has 0 bridgehead atoms. The van der Waals surface area contributed by atoms with Crippen molar-refractivity contribution in [3.8, 4) is 22.3 Å². The Morgan fingerprint density at radius 3 is 1.52 bits per heavy atom. The van der Waals surface area contributed by atoms with E-state index in [0.717, 1.165) is 44.6 Å². The molecule has 2 heteroatoms. The lowest BCUT2D eigenvalue weighted by Gasteiger charge is -2.27. The van der Waals surface area contributed by atoms with Gasteiger partial charge in [0.1, 0.15) is 11.2 Å². The van der Waals surface area contributed by atoms with E-state index in [1.807, 2.05) is 12.1 Å². The van der Waals surface area contributed by atoms with Crippen LogP contribution in [0.2, 0.25) is 0 Å². The smallest absolute Gasteiger partial charge is 0.137 e. The van der Waals surface area contributed by atoms with E-state index < -0.39 is 0 Å². The van der Waals surface area contributed by atoms with Gasteiger partial charge in [-0.1, -0.05) is 146 Å². The van der Waals surface area contributed by atoms with Crippen LogP contribution in [0, 0.1) is 0 Å². The second-order valence-electron chi connectivity index (χ2n) is 14.1. The van der Waals surface area contributed by atoms with Crippen molar-refractivity contribution in [2.24, 2.45) is 0 Å². The number of hydrogen-bond acceptors (Lipinski definition) is 2. The number of fused-ring (bicyclic) bond motifs is 9. The molecule has 0 saturated carbocycles. The molecule has 252 valence electrons. The maximum Gasteiger partial charge on any atom is 0.137 e. The molecule has 0 saturated heterocycles. The van der Waals surface area contributed by atoms with Crippen LogP contribution < -0.4 is 4.90 Å². The van der Waals surface area contributed by atoms with E-state index in [1.54, 1.807) is 0 Å². The van der Waals surface area contributed by atoms with Crippen molar-refractivity contribution in [2.45, 2.75) is 0 Å². The first-order chi connectivity index (χ1) is 26.7. The summed E-state index contributed by atoms with van der Waals surface area (Å²) in [6.07, 6.45) is 0. The predicted molar refractivity (Wildman–Crippen MR) is 229 cm³/mol. The highest BCUT2D eigenvalue weighted by Gasteiger charge is 2.20. The van der Waals surface area contributed by atoms with Gasteiger partial charge in [0, 0.05) is 16.8 Å². The summed E-state index contributed by atoms with van der Waals surface area (Å²) in [6, 6.07) is 72.4. The highest BCUT2D eigenvalue weighted by Crippen LogP contribution is 2.44. The highest BCUT2D eigenvalue weighted by molar-refractivity contribution is 6.14. The summed E-state index contributed by atoms with van der Waals surface area (Å²) >= 11 is 0. The van der Waals surface area contributed by atoms with Crippen molar-refractivity contribution >= 4 is 82.1 Å². The Hall–Kier alpha value is -7.16. The standard InChI is InChI=1S/C52H33NO/c1-3-13-44-35(9-1)19-21-40-31-38(25-29-46(40)44)34-23-27-42(28-24-34)53(49-16-8-18-51-52(49)48-15-5-6-17-50(48)54-51)43-12-7-11-37(33-43)39-26-30-47-41(32-39)22-20-36-10-2-4-14-45(36)47/h1-33H. The third-order valence-electron chi connectivity index (χ3n) is 11.0. The molecule has 0 fully saturated rings. The first-order valence-corrected chi connectivity index (χ1v) is 18.5. The molecule has 0 aliphatic rings. The zero-order valence-electron chi connectivity index (χ0n) is 29.4. The molecule has 0 aliphatic carbocycles. The van der Waals surface area contributed by atoms with E-state index >= 15 is 0 Å². The van der Waals surface area contributed by atoms with Crippen molar-refractivity contribution in [1.29, 1.82) is 0 Å². The monoisotopic (exact) mass is 687 g/mol. The number of para-hydroxylation sites is 1. The van der Waals surface area contributed by atoms with Gasteiger partial charge < -0.3 is 9.32 Å². The van der Waals surface area contributed by atoms with Crippen LogP contribution in [-0.4, -0.2) is 0 Å². The van der Waals surface area contributed by atoms with Gasteiger partial charge in [-0.05, 0) is 120 Å². The van der Waals surface area contributed by atoms with E-state index in [4.69, 9.17) is 4.42 Å². The van der Waals surface area contributed by atoms with Gasteiger partial charge in [-0.25, -0.2) is 0 Å². The average molecular weight is 688 g/mol. The maximum atomic E-state index is 6.39. The SMILES string of the molecule is c1cc(-c2ccc3c(ccc4ccccc43)c2)cc(N(c2ccc(-c3ccc4c(ccc5ccccc54)c3)cc2)c2cccc3oc4ccccc4c23)c1. The Bertz CT molecular complexity index is 3230. The second kappa shape index (κ2) is 12.2. The quantitative estimate of drug-likeness (QED) is 0.168. The van der Waals surface area contributed by atoms with Gasteiger partial charge in [-0.15, -0.1) is 0 Å². The second-order valence-corrected chi connectivity index (χ2v) is 14.1. The zero-order chi connectivity index (χ0) is 35.6. The van der Waals surface area contributed by atoms with Crippen LogP contribution in [0.25, 0.3) is 87.3 Å². The molecule has 10 aromatic carbocycles. The number of nitrogens with zero attached hydrogens (tertiary/aromatic N) is 1. The zero-order valence-corrected chi connectivity index (χ0v) is 29.4. The Labute approximate surface area is 312 Å². The molecule has 54 heavy (non-hydrogen) atoms. The summed E-state index contributed by atoms with van der Waals surface area (Å²) in [5.41, 5.74) is 9.71. The van der Waals surface area contributed by atoms with Gasteiger partial charge in [0.2, 0.25) is 0 Å². The highest BCUT2D eigenvalue weighted by atomic mass is 16.3. The van der Waals surface area contributed by atoms with Crippen molar-refractivity contribution in [3.05, 3.63) is 200 Å². The summed E-state index contributed by atoms with van der Waals surface area (Å²) in [6.45, 7) is 0. The molecular formula is C52H33NO. The summed E-state index contributed by atoms with van der Waals surface area (Å²) < 4.78 is 6.39. The number of rotatable bonds is 5. The third-order valence-corrected chi connectivity index (χ3v) is 11.0. The molecular weight excluding hydrogens is 655 g/mol. The number of hydrogen-bond donors (Lipinski definition) is 0. The molecule has 0 unspecified atom stereocenters. The number of benzene rings is 10. The minimum absolute atomic E-state index is 0.872. The lowest BCUT2D eigenvalue weighted by molar-refractivity contribution is 0.669. The van der Waals surface area contributed by atoms with Gasteiger partial charge in [0.25, 0.3) is 0 Å². The molecule has 0 amide bonds. The van der Waals surface area contributed by atoms with Gasteiger partial charge in [-0.2, -0.15) is 0 Å². The molecule has 1 heterocycles. The van der Waals surface area contributed by atoms with Crippen molar-refractivity contribution < 1.29 is 4.42 Å². The van der Waals surface area contributed by atoms with Crippen LogP contribution in [0.15, 0.2) is 205 Å². The Morgan fingerprint density at radius 2 is 0.815 bits per heavy atom. The topological polar surface area (TPSA) is 16.4 Å². The van der Waals surface area contributed by atoms with E-state index in [9.17, 15) is 0 Å². The van der Waals surface area contributed by atoms with Crippen molar-refractivity contribution in [3.63, 3.8) is 0 Å². The normalized spacial score (nSPS) is 11.7. The maximum absolute atomic E-state index is 6.39. The van der Waals surface area contributed by atoms with E-state index in [0.29, 0.717) is 0 Å². The fourth-order valence-corrected chi connectivity index (χ4v) is 8.38. The van der Waals surface area contributed by atoms with Gasteiger partial charge in [-0.3, -0.25) is 0 Å². The van der Waals surface area contributed by atoms with Crippen LogP contribution >= 0.6 is 0 Å². The average Bonchev–Trinajstić information content (AvgIpc) is 3.63. The van der Waals surface area contributed by atoms with E-state index in [1.165, 1.54) is 59.8 Å². The molecule has 2 nitrogen and oxygen atoms in total. The summed E-state index contributed by atoms with van der Waals surface area (Å²) in [7, 11) is 0. The van der Waals surface area contributed by atoms with E-state index in [-0.39, 0.29) is 0 Å². The summed E-state index contributed by atoms with van der Waals surface area (Å²) in [5.74, 6) is 0. The van der Waals surface area contributed by atoms with E-state index in [2.05, 4.69) is 193 Å². The molecule has 11 aromatic rings. The fourth-order valence-electron chi connectivity index (χ4n) is 8.38. The fraction of sp³-hybridized carbons (Fsp3) is 0. The first-order valence-electron chi connectivity index (χ1n) is 18.5. The lowest BCUT2D eigenvalue weighted by atomic mass is 9.96. The van der Waals surface area contributed by atoms with Crippen LogP contribution in [0.4, 0.5) is 17.1 Å². The van der Waals surface area contributed by atoms with Crippen LogP contribution in [0.3, 0.4) is 0 Å². The third kappa shape index (κ3) is 4.96. The first kappa shape index (κ1) is 30.5. The van der Waals surface area contributed by atoms with Crippen molar-refractivity contribution in [1.82, 2.24) is 0 Å². The Balaban J connectivity index is 1.05. The number of anilines is 3. The van der Waals surface area contributed by atoms with Crippen LogP contribution in [0.5, 0.6) is 0 Å². The lowest BCUT2D eigenvalue weighted by Crippen LogP contribution is -2.10.